The molecule has 110 valence electrons. The third-order valence-corrected chi connectivity index (χ3v) is 4.25. The van der Waals surface area contributed by atoms with Crippen LogP contribution in [0, 0.1) is 19.3 Å². The third kappa shape index (κ3) is 2.39. The lowest BCUT2D eigenvalue weighted by atomic mass is 10.1. The van der Waals surface area contributed by atoms with E-state index in [1.807, 2.05) is 26.0 Å². The van der Waals surface area contributed by atoms with E-state index in [9.17, 15) is 9.59 Å². The highest BCUT2D eigenvalue weighted by Crippen LogP contribution is 2.45. The molecule has 0 unspecified atom stereocenters. The summed E-state index contributed by atoms with van der Waals surface area (Å²) in [7, 11) is 0. The van der Waals surface area contributed by atoms with Gasteiger partial charge in [0.25, 0.3) is 5.91 Å². The monoisotopic (exact) mass is 287 g/mol. The summed E-state index contributed by atoms with van der Waals surface area (Å²) in [6.45, 7) is 4.14. The number of fused-ring (bicyclic) bond motifs is 1. The van der Waals surface area contributed by atoms with Crippen LogP contribution < -0.4 is 5.32 Å². The van der Waals surface area contributed by atoms with E-state index in [1.165, 1.54) is 0 Å². The Hall–Kier alpha value is -2.30. The molecule has 1 fully saturated rings. The number of carbonyl (C=O) groups excluding carboxylic acids is 1. The van der Waals surface area contributed by atoms with Crippen LogP contribution in [0.5, 0.6) is 0 Å². The molecule has 1 amide bonds. The topological polar surface area (TPSA) is 79.5 Å². The van der Waals surface area contributed by atoms with Crippen molar-refractivity contribution in [1.82, 2.24) is 5.32 Å². The summed E-state index contributed by atoms with van der Waals surface area (Å²) in [6.07, 6.45) is 1.22. The van der Waals surface area contributed by atoms with Crippen molar-refractivity contribution in [2.45, 2.75) is 26.7 Å². The lowest BCUT2D eigenvalue weighted by molar-refractivity contribution is -0.143. The van der Waals surface area contributed by atoms with Gasteiger partial charge in [0, 0.05) is 11.9 Å². The van der Waals surface area contributed by atoms with Crippen molar-refractivity contribution >= 4 is 22.8 Å². The molecule has 5 heteroatoms. The Morgan fingerprint density at radius 2 is 1.90 bits per heavy atom. The molecule has 0 radical (unpaired) electrons. The first kappa shape index (κ1) is 13.7. The second-order valence-corrected chi connectivity index (χ2v) is 5.85. The summed E-state index contributed by atoms with van der Waals surface area (Å²) in [6, 6.07) is 5.57. The summed E-state index contributed by atoms with van der Waals surface area (Å²) < 4.78 is 5.55. The molecule has 1 aromatic carbocycles. The number of benzene rings is 1. The van der Waals surface area contributed by atoms with E-state index >= 15 is 0 Å². The Morgan fingerprint density at radius 1 is 1.24 bits per heavy atom. The molecule has 5 nitrogen and oxygen atoms in total. The number of amides is 1. The van der Waals surface area contributed by atoms with E-state index in [4.69, 9.17) is 9.52 Å². The summed E-state index contributed by atoms with van der Waals surface area (Å²) in [5, 5.41) is 12.6. The van der Waals surface area contributed by atoms with Crippen LogP contribution >= 0.6 is 0 Å². The molecule has 0 saturated heterocycles. The average molecular weight is 287 g/mol. The molecule has 0 atom stereocenters. The maximum Gasteiger partial charge on any atom is 0.311 e. The predicted molar refractivity (Wildman–Crippen MR) is 77.3 cm³/mol. The van der Waals surface area contributed by atoms with Crippen LogP contribution in [0.1, 0.15) is 34.5 Å². The van der Waals surface area contributed by atoms with Crippen molar-refractivity contribution in [2.24, 2.45) is 5.41 Å². The van der Waals surface area contributed by atoms with Crippen LogP contribution in [0.25, 0.3) is 11.0 Å². The number of furan rings is 1. The standard InChI is InChI=1S/C16H17NO4/c1-9-5-11-7-13(21-12(11)6-10(9)2)14(18)17-8-16(3-4-16)15(19)20/h5-7H,3-4,8H2,1-2H3,(H,17,18)(H,19,20). The predicted octanol–water partition coefficient (Wildman–Crippen LogP) is 2.64. The van der Waals surface area contributed by atoms with Crippen molar-refractivity contribution in [3.63, 3.8) is 0 Å². The second kappa shape index (κ2) is 4.62. The summed E-state index contributed by atoms with van der Waals surface area (Å²) >= 11 is 0. The fourth-order valence-corrected chi connectivity index (χ4v) is 2.37. The molecule has 1 aliphatic carbocycles. The van der Waals surface area contributed by atoms with Crippen molar-refractivity contribution in [3.8, 4) is 0 Å². The molecule has 0 aliphatic heterocycles. The highest BCUT2D eigenvalue weighted by Gasteiger charge is 2.50. The second-order valence-electron chi connectivity index (χ2n) is 5.85. The van der Waals surface area contributed by atoms with Crippen LogP contribution in [0.15, 0.2) is 22.6 Å². The zero-order valence-electron chi connectivity index (χ0n) is 12.0. The number of aliphatic carboxylic acids is 1. The third-order valence-electron chi connectivity index (χ3n) is 4.25. The van der Waals surface area contributed by atoms with Gasteiger partial charge in [-0.25, -0.2) is 0 Å². The molecular weight excluding hydrogens is 270 g/mol. The van der Waals surface area contributed by atoms with Gasteiger partial charge in [-0.3, -0.25) is 9.59 Å². The van der Waals surface area contributed by atoms with Crippen LogP contribution in [0.3, 0.4) is 0 Å². The zero-order valence-corrected chi connectivity index (χ0v) is 12.0. The quantitative estimate of drug-likeness (QED) is 0.906. The normalized spacial score (nSPS) is 15.9. The van der Waals surface area contributed by atoms with Crippen molar-refractivity contribution < 1.29 is 19.1 Å². The number of nitrogens with one attached hydrogen (secondary N) is 1. The summed E-state index contributed by atoms with van der Waals surface area (Å²) in [4.78, 5) is 23.2. The molecule has 0 bridgehead atoms. The van der Waals surface area contributed by atoms with Gasteiger partial charge in [0.2, 0.25) is 0 Å². The minimum absolute atomic E-state index is 0.149. The highest BCUT2D eigenvalue weighted by atomic mass is 16.4. The van der Waals surface area contributed by atoms with Crippen molar-refractivity contribution in [3.05, 3.63) is 35.1 Å². The number of carboxylic acid groups (broad SMARTS) is 1. The van der Waals surface area contributed by atoms with Crippen LogP contribution in [0.2, 0.25) is 0 Å². The highest BCUT2D eigenvalue weighted by molar-refractivity contribution is 5.96. The molecule has 1 heterocycles. The lowest BCUT2D eigenvalue weighted by Gasteiger charge is -2.09. The summed E-state index contributed by atoms with van der Waals surface area (Å²) in [5.74, 6) is -0.996. The number of hydrogen-bond donors (Lipinski definition) is 2. The van der Waals surface area contributed by atoms with E-state index in [0.717, 1.165) is 16.5 Å². The Bertz CT molecular complexity index is 701. The first-order chi connectivity index (χ1) is 9.91. The molecule has 1 saturated carbocycles. The molecule has 2 aromatic rings. The van der Waals surface area contributed by atoms with Gasteiger partial charge in [-0.05, 0) is 56.0 Å². The number of carboxylic acids is 1. The maximum atomic E-state index is 12.1. The van der Waals surface area contributed by atoms with E-state index in [1.54, 1.807) is 6.07 Å². The number of rotatable bonds is 4. The van der Waals surface area contributed by atoms with Gasteiger partial charge < -0.3 is 14.8 Å². The van der Waals surface area contributed by atoms with E-state index < -0.39 is 11.4 Å². The van der Waals surface area contributed by atoms with Gasteiger partial charge in [0.1, 0.15) is 5.58 Å². The first-order valence-corrected chi connectivity index (χ1v) is 6.94. The van der Waals surface area contributed by atoms with E-state index in [2.05, 4.69) is 5.32 Å². The van der Waals surface area contributed by atoms with Crippen LogP contribution in [-0.4, -0.2) is 23.5 Å². The molecule has 0 spiro atoms. The van der Waals surface area contributed by atoms with Gasteiger partial charge >= 0.3 is 5.97 Å². The Labute approximate surface area is 121 Å². The van der Waals surface area contributed by atoms with Crippen LogP contribution in [0.4, 0.5) is 0 Å². The Balaban J connectivity index is 1.77. The largest absolute Gasteiger partial charge is 0.481 e. The average Bonchev–Trinajstić information content (AvgIpc) is 3.12. The lowest BCUT2D eigenvalue weighted by Crippen LogP contribution is -2.34. The van der Waals surface area contributed by atoms with Gasteiger partial charge in [0.05, 0.1) is 5.41 Å². The van der Waals surface area contributed by atoms with Crippen molar-refractivity contribution in [1.29, 1.82) is 0 Å². The molecule has 1 aromatic heterocycles. The molecule has 1 aliphatic rings. The molecule has 2 N–H and O–H groups in total. The fourth-order valence-electron chi connectivity index (χ4n) is 2.37. The van der Waals surface area contributed by atoms with E-state index in [0.29, 0.717) is 18.4 Å². The number of aryl methyl sites for hydroxylation is 2. The molecular formula is C16H17NO4. The zero-order chi connectivity index (χ0) is 15.2. The minimum Gasteiger partial charge on any atom is -0.481 e. The minimum atomic E-state index is -0.848. The van der Waals surface area contributed by atoms with Gasteiger partial charge in [-0.15, -0.1) is 0 Å². The Morgan fingerprint density at radius 3 is 2.52 bits per heavy atom. The van der Waals surface area contributed by atoms with Gasteiger partial charge in [-0.1, -0.05) is 0 Å². The Kier molecular flexibility index (Phi) is 3.01. The summed E-state index contributed by atoms with van der Waals surface area (Å²) in [5.41, 5.74) is 2.14. The van der Waals surface area contributed by atoms with Crippen molar-refractivity contribution in [2.75, 3.05) is 6.54 Å². The fraction of sp³-hybridized carbons (Fsp3) is 0.375. The SMILES string of the molecule is Cc1cc2cc(C(=O)NCC3(C(=O)O)CC3)oc2cc1C. The maximum absolute atomic E-state index is 12.1. The first-order valence-electron chi connectivity index (χ1n) is 6.94. The van der Waals surface area contributed by atoms with Gasteiger partial charge in [-0.2, -0.15) is 0 Å². The molecule has 21 heavy (non-hydrogen) atoms. The number of hydrogen-bond acceptors (Lipinski definition) is 3. The van der Waals surface area contributed by atoms with Crippen LogP contribution in [-0.2, 0) is 4.79 Å². The van der Waals surface area contributed by atoms with E-state index in [-0.39, 0.29) is 18.2 Å². The van der Waals surface area contributed by atoms with Gasteiger partial charge in [0.15, 0.2) is 5.76 Å². The number of carbonyl (C=O) groups is 2. The smallest absolute Gasteiger partial charge is 0.311 e. The molecule has 3 rings (SSSR count).